The Morgan fingerprint density at radius 3 is 2.64 bits per heavy atom. The summed E-state index contributed by atoms with van der Waals surface area (Å²) >= 11 is 5.40. The number of halogens is 1. The van der Waals surface area contributed by atoms with E-state index < -0.39 is 0 Å². The Kier molecular flexibility index (Phi) is 11.6. The van der Waals surface area contributed by atoms with E-state index in [1.165, 1.54) is 25.0 Å². The van der Waals surface area contributed by atoms with Crippen LogP contribution in [0.1, 0.15) is 19.3 Å². The van der Waals surface area contributed by atoms with Gasteiger partial charge in [-0.25, -0.2) is 0 Å². The minimum absolute atomic E-state index is 0.892. The Morgan fingerprint density at radius 1 is 1.18 bits per heavy atom. The molecule has 0 aromatic heterocycles. The van der Waals surface area contributed by atoms with Crippen LogP contribution in [0, 0.1) is 0 Å². The van der Waals surface area contributed by atoms with Crippen molar-refractivity contribution in [3.63, 3.8) is 0 Å². The average molecular weight is 241 g/mol. The highest BCUT2D eigenvalue weighted by Crippen LogP contribution is 2.06. The molecule has 68 valence electrons. The van der Waals surface area contributed by atoms with Crippen molar-refractivity contribution >= 4 is 27.7 Å². The number of hydrogen-bond donors (Lipinski definition) is 0. The predicted molar refractivity (Wildman–Crippen MR) is 56.8 cm³/mol. The highest BCUT2D eigenvalue weighted by molar-refractivity contribution is 9.09. The first kappa shape index (κ1) is 11.8. The second kappa shape index (κ2) is 10.8. The summed E-state index contributed by atoms with van der Waals surface area (Å²) in [5, 5.41) is 1.15. The zero-order chi connectivity index (χ0) is 8.36. The molecule has 0 amide bonds. The van der Waals surface area contributed by atoms with Gasteiger partial charge in [0.2, 0.25) is 0 Å². The molecule has 0 atom stereocenters. The van der Waals surface area contributed by atoms with Crippen molar-refractivity contribution in [1.29, 1.82) is 0 Å². The molecule has 3 heteroatoms. The number of unbranched alkanes of at least 4 members (excludes halogenated alkanes) is 2. The van der Waals surface area contributed by atoms with Crippen LogP contribution in [0.3, 0.4) is 0 Å². The summed E-state index contributed by atoms with van der Waals surface area (Å²) in [5.41, 5.74) is 0. The standard InChI is InChI=1S/C8H17BrOS/c1-10-6-8-11-7-4-2-3-5-9/h2-8H2,1H3. The van der Waals surface area contributed by atoms with Gasteiger partial charge in [-0.15, -0.1) is 0 Å². The Balaban J connectivity index is 2.69. The summed E-state index contributed by atoms with van der Waals surface area (Å²) in [7, 11) is 1.76. The lowest BCUT2D eigenvalue weighted by atomic mass is 10.3. The van der Waals surface area contributed by atoms with Gasteiger partial charge in [-0.05, 0) is 18.6 Å². The van der Waals surface area contributed by atoms with Gasteiger partial charge in [-0.3, -0.25) is 0 Å². The molecule has 0 fully saturated rings. The van der Waals surface area contributed by atoms with E-state index in [0.717, 1.165) is 17.7 Å². The Labute approximate surface area is 82.4 Å². The van der Waals surface area contributed by atoms with Crippen molar-refractivity contribution in [2.24, 2.45) is 0 Å². The summed E-state index contributed by atoms with van der Waals surface area (Å²) in [5.74, 6) is 2.43. The van der Waals surface area contributed by atoms with E-state index in [-0.39, 0.29) is 0 Å². The molecule has 0 bridgehead atoms. The van der Waals surface area contributed by atoms with Crippen LogP contribution in [0.2, 0.25) is 0 Å². The third kappa shape index (κ3) is 10.8. The third-order valence-corrected chi connectivity index (χ3v) is 2.95. The molecule has 0 saturated heterocycles. The number of hydrogen-bond acceptors (Lipinski definition) is 2. The van der Waals surface area contributed by atoms with Gasteiger partial charge in [0.1, 0.15) is 0 Å². The third-order valence-electron chi connectivity index (χ3n) is 1.35. The minimum atomic E-state index is 0.892. The molecule has 0 aliphatic rings. The van der Waals surface area contributed by atoms with Crippen molar-refractivity contribution in [1.82, 2.24) is 0 Å². The molecule has 0 saturated carbocycles. The van der Waals surface area contributed by atoms with Gasteiger partial charge >= 0.3 is 0 Å². The SMILES string of the molecule is COCCSCCCCCBr. The molecular weight excluding hydrogens is 224 g/mol. The first-order chi connectivity index (χ1) is 5.41. The number of thioether (sulfide) groups is 1. The second-order valence-electron chi connectivity index (χ2n) is 2.35. The maximum atomic E-state index is 4.94. The van der Waals surface area contributed by atoms with Crippen molar-refractivity contribution in [2.75, 3.05) is 30.6 Å². The van der Waals surface area contributed by atoms with Gasteiger partial charge in [0.05, 0.1) is 6.61 Å². The van der Waals surface area contributed by atoms with Crippen molar-refractivity contribution in [2.45, 2.75) is 19.3 Å². The lowest BCUT2D eigenvalue weighted by Gasteiger charge is -1.99. The van der Waals surface area contributed by atoms with E-state index in [4.69, 9.17) is 4.74 Å². The predicted octanol–water partition coefficient (Wildman–Crippen LogP) is 2.93. The van der Waals surface area contributed by atoms with Crippen LogP contribution in [0.4, 0.5) is 0 Å². The van der Waals surface area contributed by atoms with Gasteiger partial charge in [-0.2, -0.15) is 11.8 Å². The summed E-state index contributed by atoms with van der Waals surface area (Å²) in [4.78, 5) is 0. The van der Waals surface area contributed by atoms with Crippen LogP contribution in [-0.4, -0.2) is 30.6 Å². The largest absolute Gasteiger partial charge is 0.384 e. The van der Waals surface area contributed by atoms with E-state index in [0.29, 0.717) is 0 Å². The molecule has 0 aromatic rings. The van der Waals surface area contributed by atoms with Crippen LogP contribution < -0.4 is 0 Å². The zero-order valence-electron chi connectivity index (χ0n) is 7.14. The fourth-order valence-corrected chi connectivity index (χ4v) is 2.01. The number of ether oxygens (including phenoxy) is 1. The van der Waals surface area contributed by atoms with Crippen LogP contribution >= 0.6 is 27.7 Å². The molecule has 11 heavy (non-hydrogen) atoms. The quantitative estimate of drug-likeness (QED) is 0.477. The van der Waals surface area contributed by atoms with Crippen LogP contribution in [-0.2, 0) is 4.74 Å². The highest BCUT2D eigenvalue weighted by atomic mass is 79.9. The lowest BCUT2D eigenvalue weighted by molar-refractivity contribution is 0.218. The van der Waals surface area contributed by atoms with Crippen molar-refractivity contribution < 1.29 is 4.74 Å². The van der Waals surface area contributed by atoms with Crippen molar-refractivity contribution in [3.8, 4) is 0 Å². The maximum Gasteiger partial charge on any atom is 0.0552 e. The van der Waals surface area contributed by atoms with Gasteiger partial charge in [0.15, 0.2) is 0 Å². The number of alkyl halides is 1. The van der Waals surface area contributed by atoms with Crippen LogP contribution in [0.5, 0.6) is 0 Å². The fourth-order valence-electron chi connectivity index (χ4n) is 0.720. The summed E-state index contributed by atoms with van der Waals surface area (Å²) < 4.78 is 4.94. The molecule has 0 aliphatic carbocycles. The fraction of sp³-hybridized carbons (Fsp3) is 1.00. The summed E-state index contributed by atoms with van der Waals surface area (Å²) in [6, 6.07) is 0. The molecule has 0 N–H and O–H groups in total. The lowest BCUT2D eigenvalue weighted by Crippen LogP contribution is -1.92. The average Bonchev–Trinajstić information content (AvgIpc) is 2.03. The Hall–Kier alpha value is 0.790. The van der Waals surface area contributed by atoms with E-state index in [2.05, 4.69) is 15.9 Å². The monoisotopic (exact) mass is 240 g/mol. The minimum Gasteiger partial charge on any atom is -0.384 e. The molecule has 0 radical (unpaired) electrons. The van der Waals surface area contributed by atoms with Gasteiger partial charge in [-0.1, -0.05) is 22.4 Å². The Morgan fingerprint density at radius 2 is 2.00 bits per heavy atom. The zero-order valence-corrected chi connectivity index (χ0v) is 9.55. The van der Waals surface area contributed by atoms with Gasteiger partial charge in [0.25, 0.3) is 0 Å². The molecule has 0 heterocycles. The molecule has 0 aromatic carbocycles. The maximum absolute atomic E-state index is 4.94. The molecule has 0 spiro atoms. The number of methoxy groups -OCH3 is 1. The summed E-state index contributed by atoms with van der Waals surface area (Å²) in [6.45, 7) is 0.892. The first-order valence-corrected chi connectivity index (χ1v) is 6.32. The number of rotatable bonds is 8. The van der Waals surface area contributed by atoms with E-state index in [1.807, 2.05) is 11.8 Å². The van der Waals surface area contributed by atoms with E-state index in [1.54, 1.807) is 7.11 Å². The topological polar surface area (TPSA) is 9.23 Å². The second-order valence-corrected chi connectivity index (χ2v) is 4.37. The molecule has 0 rings (SSSR count). The molecular formula is C8H17BrOS. The first-order valence-electron chi connectivity index (χ1n) is 4.04. The molecule has 0 aliphatic heterocycles. The van der Waals surface area contributed by atoms with Crippen molar-refractivity contribution in [3.05, 3.63) is 0 Å². The molecule has 0 unspecified atom stereocenters. The highest BCUT2D eigenvalue weighted by Gasteiger charge is 1.89. The van der Waals surface area contributed by atoms with E-state index in [9.17, 15) is 0 Å². The summed E-state index contributed by atoms with van der Waals surface area (Å²) in [6.07, 6.45) is 4.01. The van der Waals surface area contributed by atoms with Crippen LogP contribution in [0.15, 0.2) is 0 Å². The smallest absolute Gasteiger partial charge is 0.0552 e. The normalized spacial score (nSPS) is 10.4. The van der Waals surface area contributed by atoms with Crippen LogP contribution in [0.25, 0.3) is 0 Å². The van der Waals surface area contributed by atoms with Gasteiger partial charge in [0, 0.05) is 18.2 Å². The molecule has 1 nitrogen and oxygen atoms in total. The Bertz CT molecular complexity index is 63.1. The van der Waals surface area contributed by atoms with E-state index >= 15 is 0 Å². The van der Waals surface area contributed by atoms with Gasteiger partial charge < -0.3 is 4.74 Å².